The van der Waals surface area contributed by atoms with Crippen LogP contribution in [0.2, 0.25) is 0 Å². The number of aliphatic hydroxyl groups excluding tert-OH is 1. The molecular formula is C23H26N3O9PS. The number of carboxylic acid groups (broad SMARTS) is 2. The van der Waals surface area contributed by atoms with E-state index in [-0.39, 0.29) is 41.7 Å². The van der Waals surface area contributed by atoms with Crippen LogP contribution in [0.5, 0.6) is 0 Å². The van der Waals surface area contributed by atoms with E-state index in [4.69, 9.17) is 9.63 Å². The van der Waals surface area contributed by atoms with Crippen LogP contribution in [0.25, 0.3) is 0 Å². The zero-order valence-corrected chi connectivity index (χ0v) is 21.8. The standard InChI is InChI=1S/C23H26N3O9PS/c1-9-16-15(10(2)27)20(29)26(16)17(22(32)35-36)18(9)37-13-7-14(25(8-13)23(33)34)19(28)24-12-5-3-4-11(6-12)21(30)31/h3-6,9-10,13-16,27H,7-8,36H2,1-2H3,(H,24,28)(H,30,31)(H,33,34)/t9-,10-,13+,14+,15-,16-/m1/s1. The van der Waals surface area contributed by atoms with Gasteiger partial charge in [-0.3, -0.25) is 14.5 Å². The molecule has 0 saturated carbocycles. The Morgan fingerprint density at radius 2 is 1.95 bits per heavy atom. The molecule has 3 aliphatic rings. The zero-order valence-electron chi connectivity index (χ0n) is 19.9. The number of β-lactam (4-membered cyclic amide) rings is 1. The fourth-order valence-electron chi connectivity index (χ4n) is 5.20. The van der Waals surface area contributed by atoms with Gasteiger partial charge in [-0.05, 0) is 31.5 Å². The molecular weight excluding hydrogens is 525 g/mol. The molecule has 12 nitrogen and oxygen atoms in total. The first-order valence-corrected chi connectivity index (χ1v) is 12.8. The number of rotatable bonds is 7. The minimum absolute atomic E-state index is 0.00881. The van der Waals surface area contributed by atoms with E-state index in [1.807, 2.05) is 16.4 Å². The Labute approximate surface area is 218 Å². The predicted molar refractivity (Wildman–Crippen MR) is 134 cm³/mol. The van der Waals surface area contributed by atoms with Crippen LogP contribution in [-0.4, -0.2) is 84.9 Å². The predicted octanol–water partition coefficient (Wildman–Crippen LogP) is 1.58. The first-order valence-electron chi connectivity index (χ1n) is 11.4. The highest BCUT2D eigenvalue weighted by Gasteiger charge is 2.60. The van der Waals surface area contributed by atoms with Crippen molar-refractivity contribution in [1.82, 2.24) is 9.80 Å². The molecule has 1 unspecified atom stereocenters. The first-order chi connectivity index (χ1) is 17.5. The molecule has 0 aromatic heterocycles. The minimum Gasteiger partial charge on any atom is -0.478 e. The number of nitrogens with one attached hydrogen (secondary N) is 1. The van der Waals surface area contributed by atoms with Crippen LogP contribution >= 0.6 is 21.2 Å². The van der Waals surface area contributed by atoms with Crippen LogP contribution in [0, 0.1) is 11.8 Å². The number of hydrogen-bond acceptors (Lipinski definition) is 8. The van der Waals surface area contributed by atoms with Gasteiger partial charge in [0.1, 0.15) is 11.7 Å². The molecule has 1 aromatic carbocycles. The van der Waals surface area contributed by atoms with Crippen molar-refractivity contribution in [1.29, 1.82) is 0 Å². The van der Waals surface area contributed by atoms with Crippen molar-refractivity contribution in [3.05, 3.63) is 40.4 Å². The van der Waals surface area contributed by atoms with Crippen molar-refractivity contribution in [2.24, 2.45) is 11.8 Å². The Morgan fingerprint density at radius 3 is 2.54 bits per heavy atom. The van der Waals surface area contributed by atoms with E-state index < -0.39 is 53.3 Å². The summed E-state index contributed by atoms with van der Waals surface area (Å²) in [6.07, 6.45) is -2.08. The van der Waals surface area contributed by atoms with Gasteiger partial charge in [0.05, 0.1) is 33.1 Å². The molecule has 1 aromatic rings. The first kappa shape index (κ1) is 26.9. The number of nitrogens with zero attached hydrogens (tertiary/aromatic N) is 2. The van der Waals surface area contributed by atoms with Gasteiger partial charge in [-0.2, -0.15) is 0 Å². The van der Waals surface area contributed by atoms with Crippen molar-refractivity contribution in [3.63, 3.8) is 0 Å². The normalized spacial score (nSPS) is 27.5. The third-order valence-electron chi connectivity index (χ3n) is 6.89. The summed E-state index contributed by atoms with van der Waals surface area (Å²) in [5.41, 5.74) is 0.258. The maximum atomic E-state index is 13.0. The second-order valence-electron chi connectivity index (χ2n) is 9.17. The molecule has 3 heterocycles. The van der Waals surface area contributed by atoms with Crippen molar-refractivity contribution in [3.8, 4) is 0 Å². The lowest BCUT2D eigenvalue weighted by atomic mass is 9.79. The Kier molecular flexibility index (Phi) is 7.50. The third-order valence-corrected chi connectivity index (χ3v) is 8.60. The van der Waals surface area contributed by atoms with Crippen molar-refractivity contribution in [2.45, 2.75) is 43.7 Å². The van der Waals surface area contributed by atoms with Crippen LogP contribution in [0.3, 0.4) is 0 Å². The molecule has 0 spiro atoms. The highest BCUT2D eigenvalue weighted by molar-refractivity contribution is 8.03. The molecule has 0 radical (unpaired) electrons. The van der Waals surface area contributed by atoms with Gasteiger partial charge >= 0.3 is 18.0 Å². The molecule has 3 amide bonds. The van der Waals surface area contributed by atoms with E-state index in [0.29, 0.717) is 4.91 Å². The summed E-state index contributed by atoms with van der Waals surface area (Å²) in [6, 6.07) is 4.13. The number of aliphatic hydroxyl groups is 1. The SMILES string of the molecule is C[C@@H](O)[C@H]1C(=O)N2C(C(=O)OP)=C(S[C@H]3C[C@@H](C(=O)Nc4cccc(C(=O)O)c4)N(C(=O)O)C3)[C@H](C)[C@H]12. The van der Waals surface area contributed by atoms with Crippen LogP contribution in [0.1, 0.15) is 30.6 Å². The molecule has 0 aliphatic carbocycles. The fraction of sp³-hybridized carbons (Fsp3) is 0.435. The van der Waals surface area contributed by atoms with E-state index in [9.17, 15) is 34.2 Å². The number of carbonyl (C=O) groups is 5. The van der Waals surface area contributed by atoms with E-state index in [2.05, 4.69) is 5.32 Å². The second-order valence-corrected chi connectivity index (χ2v) is 10.8. The summed E-state index contributed by atoms with van der Waals surface area (Å²) in [7, 11) is 1.85. The van der Waals surface area contributed by atoms with Crippen molar-refractivity contribution < 1.29 is 43.8 Å². The van der Waals surface area contributed by atoms with Crippen LogP contribution in [-0.2, 0) is 18.9 Å². The monoisotopic (exact) mass is 551 g/mol. The van der Waals surface area contributed by atoms with Crippen molar-refractivity contribution in [2.75, 3.05) is 11.9 Å². The van der Waals surface area contributed by atoms with Gasteiger partial charge < -0.3 is 30.1 Å². The van der Waals surface area contributed by atoms with Gasteiger partial charge in [-0.25, -0.2) is 14.4 Å². The Balaban J connectivity index is 1.55. The number of anilines is 1. The second kappa shape index (κ2) is 10.3. The van der Waals surface area contributed by atoms with Gasteiger partial charge in [0.15, 0.2) is 0 Å². The fourth-order valence-corrected chi connectivity index (χ4v) is 6.83. The van der Waals surface area contributed by atoms with Gasteiger partial charge in [-0.15, -0.1) is 11.8 Å². The Hall–Kier alpha value is -3.15. The van der Waals surface area contributed by atoms with Crippen molar-refractivity contribution >= 4 is 56.8 Å². The number of aromatic carboxylic acids is 1. The summed E-state index contributed by atoms with van der Waals surface area (Å²) in [6.45, 7) is 3.34. The molecule has 0 bridgehead atoms. The molecule has 198 valence electrons. The Bertz CT molecular complexity index is 1210. The number of carbonyl (C=O) groups excluding carboxylic acids is 3. The number of carboxylic acids is 1. The molecule has 7 atom stereocenters. The van der Waals surface area contributed by atoms with E-state index >= 15 is 0 Å². The molecule has 4 rings (SSSR count). The average Bonchev–Trinajstić information content (AvgIpc) is 3.37. The summed E-state index contributed by atoms with van der Waals surface area (Å²) >= 11 is 1.22. The number of likely N-dealkylation sites (tertiary alicyclic amines) is 1. The average molecular weight is 552 g/mol. The summed E-state index contributed by atoms with van der Waals surface area (Å²) in [4.78, 5) is 64.3. The molecule has 2 saturated heterocycles. The van der Waals surface area contributed by atoms with Gasteiger partial charge in [0, 0.05) is 28.3 Å². The molecule has 14 heteroatoms. The van der Waals surface area contributed by atoms with E-state index in [1.54, 1.807) is 0 Å². The number of benzene rings is 1. The number of amides is 3. The summed E-state index contributed by atoms with van der Waals surface area (Å²) in [5.74, 6) is -3.88. The van der Waals surface area contributed by atoms with E-state index in [0.717, 1.165) is 4.90 Å². The highest BCUT2D eigenvalue weighted by atomic mass is 32.2. The smallest absolute Gasteiger partial charge is 0.408 e. The van der Waals surface area contributed by atoms with Crippen LogP contribution in [0.4, 0.5) is 10.5 Å². The van der Waals surface area contributed by atoms with Gasteiger partial charge in [-0.1, -0.05) is 13.0 Å². The van der Waals surface area contributed by atoms with Crippen LogP contribution < -0.4 is 5.32 Å². The molecule has 4 N–H and O–H groups in total. The van der Waals surface area contributed by atoms with Crippen LogP contribution in [0.15, 0.2) is 34.9 Å². The quantitative estimate of drug-likeness (QED) is 0.288. The molecule has 3 aliphatic heterocycles. The number of hydrogen-bond donors (Lipinski definition) is 4. The molecule has 37 heavy (non-hydrogen) atoms. The Morgan fingerprint density at radius 1 is 1.24 bits per heavy atom. The zero-order chi connectivity index (χ0) is 27.2. The van der Waals surface area contributed by atoms with Gasteiger partial charge in [0.25, 0.3) is 0 Å². The minimum atomic E-state index is -1.30. The molecule has 2 fully saturated rings. The lowest BCUT2D eigenvalue weighted by Crippen LogP contribution is -2.63. The summed E-state index contributed by atoms with van der Waals surface area (Å²) < 4.78 is 4.83. The highest BCUT2D eigenvalue weighted by Crippen LogP contribution is 2.52. The lowest BCUT2D eigenvalue weighted by molar-refractivity contribution is -0.162. The summed E-state index contributed by atoms with van der Waals surface area (Å²) in [5, 5.41) is 31.2. The maximum absolute atomic E-state index is 13.0. The van der Waals surface area contributed by atoms with Gasteiger partial charge in [0.2, 0.25) is 11.8 Å². The third kappa shape index (κ3) is 4.78. The number of thioether (sulfide) groups is 1. The largest absolute Gasteiger partial charge is 0.478 e. The lowest BCUT2D eigenvalue weighted by Gasteiger charge is -2.46. The maximum Gasteiger partial charge on any atom is 0.408 e. The topological polar surface area (TPSA) is 174 Å². The number of fused-ring (bicyclic) bond motifs is 1. The van der Waals surface area contributed by atoms with E-state index in [1.165, 1.54) is 47.9 Å².